The van der Waals surface area contributed by atoms with E-state index in [0.717, 1.165) is 23.0 Å². The molecule has 0 saturated carbocycles. The zero-order valence-corrected chi connectivity index (χ0v) is 10.7. The lowest BCUT2D eigenvalue weighted by Gasteiger charge is -2.06. The summed E-state index contributed by atoms with van der Waals surface area (Å²) in [5.74, 6) is 1.22. The van der Waals surface area contributed by atoms with Crippen LogP contribution in [0.3, 0.4) is 0 Å². The highest BCUT2D eigenvalue weighted by atomic mass is 14.9. The number of para-hydroxylation sites is 1. The van der Waals surface area contributed by atoms with Crippen molar-refractivity contribution in [1.29, 1.82) is 0 Å². The van der Waals surface area contributed by atoms with Crippen LogP contribution < -0.4 is 5.73 Å². The predicted molar refractivity (Wildman–Crippen MR) is 75.7 cm³/mol. The number of nitrogens with zero attached hydrogens (tertiary/aromatic N) is 3. The summed E-state index contributed by atoms with van der Waals surface area (Å²) in [5, 5.41) is 1.15. The highest BCUT2D eigenvalue weighted by Crippen LogP contribution is 2.19. The van der Waals surface area contributed by atoms with Gasteiger partial charge in [-0.25, -0.2) is 9.97 Å². The fourth-order valence-corrected chi connectivity index (χ4v) is 2.25. The quantitative estimate of drug-likeness (QED) is 0.759. The van der Waals surface area contributed by atoms with Crippen LogP contribution in [0.4, 0.5) is 5.82 Å². The molecule has 0 aliphatic carbocycles. The normalized spacial score (nSPS) is 10.8. The topological polar surface area (TPSA) is 64.7 Å². The van der Waals surface area contributed by atoms with Crippen LogP contribution in [-0.4, -0.2) is 15.0 Å². The van der Waals surface area contributed by atoms with Crippen LogP contribution in [-0.2, 0) is 6.42 Å². The third kappa shape index (κ3) is 2.38. The van der Waals surface area contributed by atoms with Crippen molar-refractivity contribution in [3.63, 3.8) is 0 Å². The van der Waals surface area contributed by atoms with Gasteiger partial charge in [0.25, 0.3) is 0 Å². The van der Waals surface area contributed by atoms with E-state index in [-0.39, 0.29) is 0 Å². The molecule has 0 bridgehead atoms. The van der Waals surface area contributed by atoms with Gasteiger partial charge in [0, 0.05) is 24.1 Å². The Hall–Kier alpha value is -2.49. The minimum Gasteiger partial charge on any atom is -0.384 e. The highest BCUT2D eigenvalue weighted by Gasteiger charge is 2.05. The molecule has 0 amide bonds. The van der Waals surface area contributed by atoms with Crippen LogP contribution in [0.25, 0.3) is 10.9 Å². The maximum Gasteiger partial charge on any atom is 0.127 e. The van der Waals surface area contributed by atoms with Crippen molar-refractivity contribution in [2.24, 2.45) is 0 Å². The number of aryl methyl sites for hydroxylation is 1. The van der Waals surface area contributed by atoms with Crippen LogP contribution in [0, 0.1) is 6.92 Å². The smallest absolute Gasteiger partial charge is 0.127 e. The molecule has 2 N–H and O–H groups in total. The van der Waals surface area contributed by atoms with E-state index >= 15 is 0 Å². The van der Waals surface area contributed by atoms with Crippen molar-refractivity contribution in [2.75, 3.05) is 5.73 Å². The number of benzene rings is 1. The molecule has 19 heavy (non-hydrogen) atoms. The molecule has 94 valence electrons. The lowest BCUT2D eigenvalue weighted by atomic mass is 10.0. The van der Waals surface area contributed by atoms with Gasteiger partial charge in [-0.05, 0) is 24.6 Å². The molecule has 0 atom stereocenters. The molecule has 1 aromatic carbocycles. The Morgan fingerprint density at radius 2 is 1.95 bits per heavy atom. The molecule has 0 saturated heterocycles. The molecular formula is C15H14N4. The first-order valence-corrected chi connectivity index (χ1v) is 6.15. The molecule has 4 heteroatoms. The lowest BCUT2D eigenvalue weighted by Crippen LogP contribution is -2.01. The second-order valence-electron chi connectivity index (χ2n) is 4.50. The van der Waals surface area contributed by atoms with E-state index in [2.05, 4.69) is 21.0 Å². The van der Waals surface area contributed by atoms with E-state index in [9.17, 15) is 0 Å². The predicted octanol–water partition coefficient (Wildman–Crippen LogP) is 2.51. The number of hydrogen-bond donors (Lipinski definition) is 1. The fourth-order valence-electron chi connectivity index (χ4n) is 2.25. The van der Waals surface area contributed by atoms with Crippen molar-refractivity contribution in [2.45, 2.75) is 13.3 Å². The van der Waals surface area contributed by atoms with Gasteiger partial charge in [-0.15, -0.1) is 0 Å². The average Bonchev–Trinajstić information content (AvgIpc) is 2.38. The van der Waals surface area contributed by atoms with Gasteiger partial charge in [0.1, 0.15) is 11.6 Å². The summed E-state index contributed by atoms with van der Waals surface area (Å²) >= 11 is 0. The number of rotatable bonds is 2. The van der Waals surface area contributed by atoms with E-state index in [1.54, 1.807) is 0 Å². The maximum atomic E-state index is 5.76. The number of anilines is 1. The number of pyridine rings is 1. The molecule has 0 unspecified atom stereocenters. The molecule has 4 nitrogen and oxygen atoms in total. The van der Waals surface area contributed by atoms with Crippen LogP contribution in [0.15, 0.2) is 42.6 Å². The lowest BCUT2D eigenvalue weighted by molar-refractivity contribution is 0.977. The third-order valence-electron chi connectivity index (χ3n) is 3.02. The molecule has 2 heterocycles. The standard InChI is InChI=1S/C15H14N4/c1-10-18-12(9-15(16)19-10)8-11-6-7-17-14-5-3-2-4-13(11)14/h2-7,9H,8H2,1H3,(H2,16,18,19). The zero-order valence-electron chi connectivity index (χ0n) is 10.7. The summed E-state index contributed by atoms with van der Waals surface area (Å²) in [5.41, 5.74) is 8.89. The molecule has 3 aromatic rings. The van der Waals surface area contributed by atoms with Crippen molar-refractivity contribution in [1.82, 2.24) is 15.0 Å². The van der Waals surface area contributed by atoms with Gasteiger partial charge in [-0.2, -0.15) is 0 Å². The van der Waals surface area contributed by atoms with E-state index < -0.39 is 0 Å². The average molecular weight is 250 g/mol. The summed E-state index contributed by atoms with van der Waals surface area (Å²) in [7, 11) is 0. The van der Waals surface area contributed by atoms with Gasteiger partial charge in [0.2, 0.25) is 0 Å². The van der Waals surface area contributed by atoms with E-state index in [4.69, 9.17) is 5.73 Å². The number of nitrogens with two attached hydrogens (primary N) is 1. The van der Waals surface area contributed by atoms with E-state index in [1.165, 1.54) is 5.56 Å². The van der Waals surface area contributed by atoms with Crippen molar-refractivity contribution < 1.29 is 0 Å². The van der Waals surface area contributed by atoms with Crippen LogP contribution in [0.5, 0.6) is 0 Å². The largest absolute Gasteiger partial charge is 0.384 e. The van der Waals surface area contributed by atoms with Gasteiger partial charge >= 0.3 is 0 Å². The Morgan fingerprint density at radius 1 is 1.11 bits per heavy atom. The molecule has 0 aliphatic heterocycles. The van der Waals surface area contributed by atoms with E-state index in [1.807, 2.05) is 43.5 Å². The summed E-state index contributed by atoms with van der Waals surface area (Å²) in [6, 6.07) is 11.9. The van der Waals surface area contributed by atoms with Crippen LogP contribution in [0.1, 0.15) is 17.1 Å². The van der Waals surface area contributed by atoms with Gasteiger partial charge < -0.3 is 5.73 Å². The van der Waals surface area contributed by atoms with Crippen molar-refractivity contribution >= 4 is 16.7 Å². The molecular weight excluding hydrogens is 236 g/mol. The third-order valence-corrected chi connectivity index (χ3v) is 3.02. The van der Waals surface area contributed by atoms with Gasteiger partial charge in [0.05, 0.1) is 11.2 Å². The summed E-state index contributed by atoms with van der Waals surface area (Å²) in [4.78, 5) is 12.9. The van der Waals surface area contributed by atoms with Gasteiger partial charge in [-0.3, -0.25) is 4.98 Å². The first kappa shape index (κ1) is 11.6. The Balaban J connectivity index is 2.05. The van der Waals surface area contributed by atoms with E-state index in [0.29, 0.717) is 11.6 Å². The minimum absolute atomic E-state index is 0.515. The Bertz CT molecular complexity index is 712. The Kier molecular flexibility index (Phi) is 2.83. The fraction of sp³-hybridized carbons (Fsp3) is 0.133. The maximum absolute atomic E-state index is 5.76. The van der Waals surface area contributed by atoms with Crippen molar-refractivity contribution in [3.05, 3.63) is 59.7 Å². The Labute approximate surface area is 111 Å². The van der Waals surface area contributed by atoms with Crippen molar-refractivity contribution in [3.8, 4) is 0 Å². The Morgan fingerprint density at radius 3 is 2.79 bits per heavy atom. The zero-order chi connectivity index (χ0) is 13.2. The van der Waals surface area contributed by atoms with Crippen LogP contribution in [0.2, 0.25) is 0 Å². The number of fused-ring (bicyclic) bond motifs is 1. The summed E-state index contributed by atoms with van der Waals surface area (Å²) in [6.07, 6.45) is 2.56. The van der Waals surface area contributed by atoms with Gasteiger partial charge in [-0.1, -0.05) is 18.2 Å². The second kappa shape index (κ2) is 4.65. The summed E-state index contributed by atoms with van der Waals surface area (Å²) in [6.45, 7) is 1.85. The number of hydrogen-bond acceptors (Lipinski definition) is 4. The molecule has 3 rings (SSSR count). The second-order valence-corrected chi connectivity index (χ2v) is 4.50. The molecule has 0 aliphatic rings. The number of aromatic nitrogens is 3. The van der Waals surface area contributed by atoms with Gasteiger partial charge in [0.15, 0.2) is 0 Å². The SMILES string of the molecule is Cc1nc(N)cc(Cc2ccnc3ccccc23)n1. The first-order valence-electron chi connectivity index (χ1n) is 6.15. The van der Waals surface area contributed by atoms with Crippen LogP contribution >= 0.6 is 0 Å². The molecule has 0 fully saturated rings. The highest BCUT2D eigenvalue weighted by molar-refractivity contribution is 5.82. The molecule has 0 spiro atoms. The monoisotopic (exact) mass is 250 g/mol. The number of nitrogen functional groups attached to an aromatic ring is 1. The first-order chi connectivity index (χ1) is 9.22. The molecule has 0 radical (unpaired) electrons. The summed E-state index contributed by atoms with van der Waals surface area (Å²) < 4.78 is 0. The minimum atomic E-state index is 0.515. The molecule has 2 aromatic heterocycles.